The zero-order chi connectivity index (χ0) is 9.97. The van der Waals surface area contributed by atoms with Gasteiger partial charge in [-0.05, 0) is 30.0 Å². The summed E-state index contributed by atoms with van der Waals surface area (Å²) in [6.07, 6.45) is 3.18. The Bertz CT molecular complexity index is 330. The van der Waals surface area contributed by atoms with Crippen LogP contribution in [0.25, 0.3) is 0 Å². The molecule has 1 N–H and O–H groups in total. The summed E-state index contributed by atoms with van der Waals surface area (Å²) in [5, 5.41) is 3.55. The second-order valence-electron chi connectivity index (χ2n) is 3.98. The number of hydrogen-bond acceptors (Lipinski definition) is 1. The molecule has 0 aliphatic carbocycles. The standard InChI is InChI=1S/C13H17N/c1-3-10(2)13-12-7-5-4-6-11(12)8-9-14-13/h3-7,10,13-14H,1,8-9H2,2H3. The van der Waals surface area contributed by atoms with Crippen molar-refractivity contribution >= 4 is 0 Å². The second-order valence-corrected chi connectivity index (χ2v) is 3.98. The third kappa shape index (κ3) is 1.60. The summed E-state index contributed by atoms with van der Waals surface area (Å²) in [5.41, 5.74) is 2.94. The lowest BCUT2D eigenvalue weighted by Gasteiger charge is -2.30. The van der Waals surface area contributed by atoms with Crippen molar-refractivity contribution in [2.45, 2.75) is 19.4 Å². The Morgan fingerprint density at radius 2 is 2.29 bits per heavy atom. The topological polar surface area (TPSA) is 12.0 Å². The molecule has 0 radical (unpaired) electrons. The van der Waals surface area contributed by atoms with Crippen LogP contribution < -0.4 is 5.32 Å². The van der Waals surface area contributed by atoms with E-state index in [0.717, 1.165) is 13.0 Å². The molecule has 1 heteroatoms. The van der Waals surface area contributed by atoms with Gasteiger partial charge in [0.2, 0.25) is 0 Å². The summed E-state index contributed by atoms with van der Waals surface area (Å²) in [6.45, 7) is 7.17. The first-order chi connectivity index (χ1) is 6.83. The smallest absolute Gasteiger partial charge is 0.0383 e. The molecule has 0 amide bonds. The van der Waals surface area contributed by atoms with Crippen molar-refractivity contribution in [3.8, 4) is 0 Å². The Balaban J connectivity index is 2.35. The minimum absolute atomic E-state index is 0.456. The average Bonchev–Trinajstić information content (AvgIpc) is 2.27. The number of benzene rings is 1. The van der Waals surface area contributed by atoms with Crippen LogP contribution in [0.3, 0.4) is 0 Å². The zero-order valence-electron chi connectivity index (χ0n) is 8.66. The van der Waals surface area contributed by atoms with Crippen LogP contribution in [0.4, 0.5) is 0 Å². The Kier molecular flexibility index (Phi) is 2.69. The van der Waals surface area contributed by atoms with Gasteiger partial charge >= 0.3 is 0 Å². The normalized spacial score (nSPS) is 22.5. The molecule has 0 fully saturated rings. The fourth-order valence-electron chi connectivity index (χ4n) is 2.14. The van der Waals surface area contributed by atoms with Gasteiger partial charge in [0.15, 0.2) is 0 Å². The third-order valence-electron chi connectivity index (χ3n) is 3.05. The minimum atomic E-state index is 0.456. The number of hydrogen-bond donors (Lipinski definition) is 1. The summed E-state index contributed by atoms with van der Waals surface area (Å²) < 4.78 is 0. The van der Waals surface area contributed by atoms with Gasteiger partial charge < -0.3 is 5.32 Å². The molecule has 74 valence electrons. The Labute approximate surface area is 85.8 Å². The molecule has 1 aliphatic heterocycles. The third-order valence-corrected chi connectivity index (χ3v) is 3.05. The first-order valence-electron chi connectivity index (χ1n) is 5.26. The van der Waals surface area contributed by atoms with Gasteiger partial charge in [-0.25, -0.2) is 0 Å². The van der Waals surface area contributed by atoms with Gasteiger partial charge in [0.1, 0.15) is 0 Å². The van der Waals surface area contributed by atoms with Gasteiger partial charge in [0.25, 0.3) is 0 Å². The highest BCUT2D eigenvalue weighted by atomic mass is 14.9. The molecule has 1 aromatic carbocycles. The van der Waals surface area contributed by atoms with Crippen molar-refractivity contribution in [3.05, 3.63) is 48.0 Å². The van der Waals surface area contributed by atoms with E-state index in [2.05, 4.69) is 43.1 Å². The quantitative estimate of drug-likeness (QED) is 0.702. The molecule has 0 saturated carbocycles. The van der Waals surface area contributed by atoms with Gasteiger partial charge in [0, 0.05) is 6.04 Å². The van der Waals surface area contributed by atoms with Crippen LogP contribution in [-0.4, -0.2) is 6.54 Å². The lowest BCUT2D eigenvalue weighted by atomic mass is 9.87. The van der Waals surface area contributed by atoms with E-state index in [4.69, 9.17) is 0 Å². The van der Waals surface area contributed by atoms with Crippen molar-refractivity contribution in [2.24, 2.45) is 5.92 Å². The van der Waals surface area contributed by atoms with E-state index in [0.29, 0.717) is 12.0 Å². The fourth-order valence-corrected chi connectivity index (χ4v) is 2.14. The molecule has 2 atom stereocenters. The lowest BCUT2D eigenvalue weighted by Crippen LogP contribution is -2.33. The van der Waals surface area contributed by atoms with Gasteiger partial charge in [-0.15, -0.1) is 6.58 Å². The van der Waals surface area contributed by atoms with Crippen molar-refractivity contribution < 1.29 is 0 Å². The maximum absolute atomic E-state index is 3.87. The molecule has 1 aliphatic rings. The van der Waals surface area contributed by atoms with Gasteiger partial charge in [-0.1, -0.05) is 37.3 Å². The van der Waals surface area contributed by atoms with Crippen molar-refractivity contribution in [3.63, 3.8) is 0 Å². The highest BCUT2D eigenvalue weighted by molar-refractivity contribution is 5.33. The van der Waals surface area contributed by atoms with Crippen LogP contribution in [0.2, 0.25) is 0 Å². The summed E-state index contributed by atoms with van der Waals surface area (Å²) in [6, 6.07) is 9.16. The Morgan fingerprint density at radius 1 is 1.50 bits per heavy atom. The molecule has 2 rings (SSSR count). The lowest BCUT2D eigenvalue weighted by molar-refractivity contribution is 0.425. The molecule has 0 bridgehead atoms. The SMILES string of the molecule is C=CC(C)C1NCCc2ccccc21. The second kappa shape index (κ2) is 3.97. The Morgan fingerprint density at radius 3 is 3.07 bits per heavy atom. The summed E-state index contributed by atoms with van der Waals surface area (Å²) >= 11 is 0. The Hall–Kier alpha value is -1.08. The molecular weight excluding hydrogens is 170 g/mol. The summed E-state index contributed by atoms with van der Waals surface area (Å²) in [5.74, 6) is 0.497. The highest BCUT2D eigenvalue weighted by Crippen LogP contribution is 2.28. The number of rotatable bonds is 2. The summed E-state index contributed by atoms with van der Waals surface area (Å²) in [4.78, 5) is 0. The van der Waals surface area contributed by atoms with E-state index >= 15 is 0 Å². The maximum atomic E-state index is 3.87. The van der Waals surface area contributed by atoms with E-state index in [1.54, 1.807) is 0 Å². The first kappa shape index (κ1) is 9.47. The molecular formula is C13H17N. The first-order valence-corrected chi connectivity index (χ1v) is 5.26. The minimum Gasteiger partial charge on any atom is -0.309 e. The average molecular weight is 187 g/mol. The van der Waals surface area contributed by atoms with E-state index in [1.165, 1.54) is 11.1 Å². The predicted molar refractivity (Wildman–Crippen MR) is 60.3 cm³/mol. The highest BCUT2D eigenvalue weighted by Gasteiger charge is 2.22. The van der Waals surface area contributed by atoms with Crippen LogP contribution in [0, 0.1) is 5.92 Å². The van der Waals surface area contributed by atoms with E-state index in [-0.39, 0.29) is 0 Å². The maximum Gasteiger partial charge on any atom is 0.0383 e. The van der Waals surface area contributed by atoms with Crippen LogP contribution in [-0.2, 0) is 6.42 Å². The molecule has 0 spiro atoms. The van der Waals surface area contributed by atoms with Crippen LogP contribution in [0.15, 0.2) is 36.9 Å². The number of nitrogens with one attached hydrogen (secondary N) is 1. The zero-order valence-corrected chi connectivity index (χ0v) is 8.66. The van der Waals surface area contributed by atoms with E-state index < -0.39 is 0 Å². The van der Waals surface area contributed by atoms with Gasteiger partial charge in [-0.2, -0.15) is 0 Å². The fraction of sp³-hybridized carbons (Fsp3) is 0.385. The summed E-state index contributed by atoms with van der Waals surface area (Å²) in [7, 11) is 0. The predicted octanol–water partition coefficient (Wildman–Crippen LogP) is 2.70. The molecule has 0 saturated heterocycles. The number of fused-ring (bicyclic) bond motifs is 1. The van der Waals surface area contributed by atoms with Crippen molar-refractivity contribution in [1.29, 1.82) is 0 Å². The van der Waals surface area contributed by atoms with Crippen molar-refractivity contribution in [2.75, 3.05) is 6.54 Å². The molecule has 1 heterocycles. The molecule has 1 aromatic rings. The molecule has 2 unspecified atom stereocenters. The monoisotopic (exact) mass is 187 g/mol. The van der Waals surface area contributed by atoms with Crippen LogP contribution in [0.1, 0.15) is 24.1 Å². The molecule has 0 aromatic heterocycles. The van der Waals surface area contributed by atoms with Crippen molar-refractivity contribution in [1.82, 2.24) is 5.32 Å². The van der Waals surface area contributed by atoms with Crippen LogP contribution in [0.5, 0.6) is 0 Å². The largest absolute Gasteiger partial charge is 0.309 e. The molecule has 14 heavy (non-hydrogen) atoms. The van der Waals surface area contributed by atoms with E-state index in [9.17, 15) is 0 Å². The molecule has 1 nitrogen and oxygen atoms in total. The van der Waals surface area contributed by atoms with Crippen LogP contribution >= 0.6 is 0 Å². The van der Waals surface area contributed by atoms with Gasteiger partial charge in [0.05, 0.1) is 0 Å². The van der Waals surface area contributed by atoms with Gasteiger partial charge in [-0.3, -0.25) is 0 Å². The van der Waals surface area contributed by atoms with E-state index in [1.807, 2.05) is 6.08 Å².